The van der Waals surface area contributed by atoms with Crippen LogP contribution < -0.4 is 20.7 Å². The highest BCUT2D eigenvalue weighted by molar-refractivity contribution is 7.22. The standard InChI is InChI=1S/C26H29ClFN7OS/c1-14-10-16(22-19(11-14)37-25(29)31-22)20-18(27)12-17-23(21(20)28)32-26(36-13-15-4-3-7-34(15)2)33-24(17)35-8-5-30-6-9-35/h10-12,15,30H,3-9,13H2,1-2H3,(H2,29,31). The topological polar surface area (TPSA) is 92.4 Å². The highest BCUT2D eigenvalue weighted by Gasteiger charge is 2.26. The van der Waals surface area contributed by atoms with Crippen molar-refractivity contribution < 1.29 is 9.13 Å². The van der Waals surface area contributed by atoms with Crippen molar-refractivity contribution in [3.8, 4) is 17.1 Å². The van der Waals surface area contributed by atoms with Crippen molar-refractivity contribution >= 4 is 55.0 Å². The number of likely N-dealkylation sites (tertiary alicyclic amines) is 1. The fraction of sp³-hybridized carbons (Fsp3) is 0.423. The van der Waals surface area contributed by atoms with E-state index < -0.39 is 5.82 Å². The predicted octanol–water partition coefficient (Wildman–Crippen LogP) is 4.47. The molecule has 1 unspecified atom stereocenters. The quantitative estimate of drug-likeness (QED) is 0.382. The Morgan fingerprint density at radius 1 is 1.16 bits per heavy atom. The molecule has 3 N–H and O–H groups in total. The first-order chi connectivity index (χ1) is 17.9. The second kappa shape index (κ2) is 9.83. The lowest BCUT2D eigenvalue weighted by Crippen LogP contribution is -2.44. The number of ether oxygens (including phenoxy) is 1. The molecule has 0 amide bonds. The second-order valence-electron chi connectivity index (χ2n) is 9.81. The molecule has 0 aliphatic carbocycles. The van der Waals surface area contributed by atoms with E-state index in [0.29, 0.717) is 40.1 Å². The van der Waals surface area contributed by atoms with Crippen molar-refractivity contribution in [2.24, 2.45) is 0 Å². The van der Waals surface area contributed by atoms with Crippen LogP contribution in [0.2, 0.25) is 5.02 Å². The molecule has 2 aromatic heterocycles. The Hall–Kier alpha value is -2.79. The fourth-order valence-corrected chi connectivity index (χ4v) is 6.48. The van der Waals surface area contributed by atoms with Crippen LogP contribution in [0.3, 0.4) is 0 Å². The van der Waals surface area contributed by atoms with Crippen molar-refractivity contribution in [3.63, 3.8) is 0 Å². The highest BCUT2D eigenvalue weighted by atomic mass is 35.5. The summed E-state index contributed by atoms with van der Waals surface area (Å²) in [6.07, 6.45) is 2.20. The number of fused-ring (bicyclic) bond motifs is 2. The van der Waals surface area contributed by atoms with Gasteiger partial charge in [0.05, 0.1) is 15.2 Å². The van der Waals surface area contributed by atoms with Crippen LogP contribution in [-0.4, -0.2) is 72.3 Å². The number of rotatable bonds is 5. The normalized spacial score (nSPS) is 18.8. The minimum Gasteiger partial charge on any atom is -0.462 e. The van der Waals surface area contributed by atoms with E-state index in [0.717, 1.165) is 55.8 Å². The molecular formula is C26H29ClFN7OS. The van der Waals surface area contributed by atoms with Crippen LogP contribution in [0.1, 0.15) is 18.4 Å². The van der Waals surface area contributed by atoms with Gasteiger partial charge in [-0.25, -0.2) is 9.37 Å². The molecule has 8 nitrogen and oxygen atoms in total. The molecule has 0 radical (unpaired) electrons. The van der Waals surface area contributed by atoms with Gasteiger partial charge in [-0.15, -0.1) is 0 Å². The lowest BCUT2D eigenvalue weighted by Gasteiger charge is -2.29. The first kappa shape index (κ1) is 24.5. The van der Waals surface area contributed by atoms with Gasteiger partial charge in [0.25, 0.3) is 0 Å². The number of nitrogens with one attached hydrogen (secondary N) is 1. The third-order valence-corrected chi connectivity index (χ3v) is 8.39. The summed E-state index contributed by atoms with van der Waals surface area (Å²) in [7, 11) is 2.09. The number of nitrogens with zero attached hydrogens (tertiary/aromatic N) is 5. The van der Waals surface area contributed by atoms with Crippen LogP contribution in [0.15, 0.2) is 18.2 Å². The van der Waals surface area contributed by atoms with Gasteiger partial charge in [0.1, 0.15) is 17.9 Å². The summed E-state index contributed by atoms with van der Waals surface area (Å²) in [6.45, 7) is 6.58. The number of thiazole rings is 1. The van der Waals surface area contributed by atoms with Gasteiger partial charge < -0.3 is 25.6 Å². The third-order valence-electron chi connectivity index (χ3n) is 7.26. The van der Waals surface area contributed by atoms with Crippen LogP contribution in [0.25, 0.3) is 32.2 Å². The second-order valence-corrected chi connectivity index (χ2v) is 11.3. The summed E-state index contributed by atoms with van der Waals surface area (Å²) in [6, 6.07) is 6.13. The fourth-order valence-electron chi connectivity index (χ4n) is 5.32. The molecule has 0 spiro atoms. The van der Waals surface area contributed by atoms with Gasteiger partial charge in [-0.2, -0.15) is 9.97 Å². The molecule has 4 aromatic rings. The maximum absolute atomic E-state index is 16.5. The maximum Gasteiger partial charge on any atom is 0.319 e. The molecule has 2 saturated heterocycles. The summed E-state index contributed by atoms with van der Waals surface area (Å²) >= 11 is 8.17. The summed E-state index contributed by atoms with van der Waals surface area (Å²) in [5.41, 5.74) is 8.65. The van der Waals surface area contributed by atoms with E-state index in [1.165, 1.54) is 11.3 Å². The molecule has 4 heterocycles. The predicted molar refractivity (Wildman–Crippen MR) is 148 cm³/mol. The molecule has 6 rings (SSSR count). The highest BCUT2D eigenvalue weighted by Crippen LogP contribution is 2.42. The minimum atomic E-state index is -0.511. The van der Waals surface area contributed by atoms with Gasteiger partial charge in [-0.05, 0) is 57.1 Å². The Kier molecular flexibility index (Phi) is 6.52. The molecule has 2 fully saturated rings. The number of piperazine rings is 1. The zero-order chi connectivity index (χ0) is 25.7. The maximum atomic E-state index is 16.5. The van der Waals surface area contributed by atoms with Crippen LogP contribution in [-0.2, 0) is 0 Å². The number of halogens is 2. The van der Waals surface area contributed by atoms with Gasteiger partial charge in [0.2, 0.25) is 0 Å². The molecule has 37 heavy (non-hydrogen) atoms. The third kappa shape index (κ3) is 4.56. The SMILES string of the molecule is Cc1cc(-c2c(Cl)cc3c(N4CCNCC4)nc(OCC4CCCN4C)nc3c2F)c2nc(N)sc2c1. The summed E-state index contributed by atoms with van der Waals surface area (Å²) in [5.74, 6) is 0.128. The number of aryl methyl sites for hydroxylation is 1. The molecule has 194 valence electrons. The van der Waals surface area contributed by atoms with Crippen molar-refractivity contribution in [1.82, 2.24) is 25.2 Å². The number of hydrogen-bond donors (Lipinski definition) is 2. The van der Waals surface area contributed by atoms with Gasteiger partial charge >= 0.3 is 6.01 Å². The van der Waals surface area contributed by atoms with Crippen molar-refractivity contribution in [3.05, 3.63) is 34.6 Å². The Balaban J connectivity index is 1.52. The van der Waals surface area contributed by atoms with Crippen LogP contribution in [0.4, 0.5) is 15.3 Å². The number of hydrogen-bond acceptors (Lipinski definition) is 9. The van der Waals surface area contributed by atoms with Crippen molar-refractivity contribution in [1.29, 1.82) is 0 Å². The van der Waals surface area contributed by atoms with Crippen molar-refractivity contribution in [2.45, 2.75) is 25.8 Å². The zero-order valence-corrected chi connectivity index (χ0v) is 22.4. The molecule has 2 aliphatic heterocycles. The Labute approximate surface area is 223 Å². The molecular weight excluding hydrogens is 513 g/mol. The van der Waals surface area contributed by atoms with E-state index in [-0.39, 0.29) is 22.1 Å². The summed E-state index contributed by atoms with van der Waals surface area (Å²) < 4.78 is 23.5. The molecule has 0 saturated carbocycles. The lowest BCUT2D eigenvalue weighted by atomic mass is 9.99. The van der Waals surface area contributed by atoms with E-state index >= 15 is 4.39 Å². The average Bonchev–Trinajstić information content (AvgIpc) is 3.47. The van der Waals surface area contributed by atoms with Gasteiger partial charge in [0, 0.05) is 48.7 Å². The largest absolute Gasteiger partial charge is 0.462 e. The number of anilines is 2. The van der Waals surface area contributed by atoms with E-state index in [1.807, 2.05) is 19.1 Å². The van der Waals surface area contributed by atoms with Gasteiger partial charge in [-0.3, -0.25) is 0 Å². The van der Waals surface area contributed by atoms with Gasteiger partial charge in [0.15, 0.2) is 10.9 Å². The minimum absolute atomic E-state index is 0.181. The number of nitrogens with two attached hydrogens (primary N) is 1. The Morgan fingerprint density at radius 3 is 2.73 bits per heavy atom. The van der Waals surface area contributed by atoms with Crippen LogP contribution >= 0.6 is 22.9 Å². The summed E-state index contributed by atoms with van der Waals surface area (Å²) in [4.78, 5) is 18.2. The zero-order valence-electron chi connectivity index (χ0n) is 20.9. The number of benzene rings is 2. The molecule has 1 atom stereocenters. The molecule has 11 heteroatoms. The Bertz CT molecular complexity index is 1490. The van der Waals surface area contributed by atoms with E-state index in [2.05, 4.69) is 32.1 Å². The van der Waals surface area contributed by atoms with E-state index in [1.54, 1.807) is 6.07 Å². The molecule has 2 aromatic carbocycles. The van der Waals surface area contributed by atoms with Crippen LogP contribution in [0, 0.1) is 12.7 Å². The number of likely N-dealkylation sites (N-methyl/N-ethyl adjacent to an activating group) is 1. The van der Waals surface area contributed by atoms with Gasteiger partial charge in [-0.1, -0.05) is 22.9 Å². The molecule has 0 bridgehead atoms. The average molecular weight is 542 g/mol. The summed E-state index contributed by atoms with van der Waals surface area (Å²) in [5, 5.41) is 4.63. The van der Waals surface area contributed by atoms with Crippen molar-refractivity contribution in [2.75, 3.05) is 57.0 Å². The number of aromatic nitrogens is 3. The Morgan fingerprint density at radius 2 is 1.97 bits per heavy atom. The number of nitrogen functional groups attached to an aromatic ring is 1. The molecule has 2 aliphatic rings. The van der Waals surface area contributed by atoms with E-state index in [9.17, 15) is 0 Å². The smallest absolute Gasteiger partial charge is 0.319 e. The van der Waals surface area contributed by atoms with E-state index in [4.69, 9.17) is 27.1 Å². The van der Waals surface area contributed by atoms with Crippen LogP contribution in [0.5, 0.6) is 6.01 Å². The monoisotopic (exact) mass is 541 g/mol. The lowest BCUT2D eigenvalue weighted by molar-refractivity contribution is 0.188. The first-order valence-electron chi connectivity index (χ1n) is 12.5. The first-order valence-corrected chi connectivity index (χ1v) is 13.7.